The third kappa shape index (κ3) is 5.06. The minimum absolute atomic E-state index is 0.901. The van der Waals surface area contributed by atoms with Crippen molar-refractivity contribution in [3.8, 4) is 0 Å². The van der Waals surface area contributed by atoms with E-state index in [9.17, 15) is 0 Å². The Morgan fingerprint density at radius 2 is 2.23 bits per heavy atom. The molecule has 0 aromatic carbocycles. The molecule has 3 heterocycles. The number of aromatic nitrogens is 3. The van der Waals surface area contributed by atoms with Crippen molar-refractivity contribution in [1.82, 2.24) is 25.0 Å². The van der Waals surface area contributed by atoms with Crippen molar-refractivity contribution in [2.75, 3.05) is 27.2 Å². The van der Waals surface area contributed by atoms with E-state index < -0.39 is 0 Å². The van der Waals surface area contributed by atoms with E-state index in [1.807, 2.05) is 18.4 Å². The molecular weight excluding hydrogens is 344 g/mol. The molecule has 1 N–H and O–H groups in total. The Morgan fingerprint density at radius 3 is 3.04 bits per heavy atom. The molecule has 2 aromatic heterocycles. The summed E-state index contributed by atoms with van der Waals surface area (Å²) in [6.45, 7) is 2.95. The van der Waals surface area contributed by atoms with Gasteiger partial charge in [-0.25, -0.2) is 0 Å². The number of hydrogen-bond acceptors (Lipinski definition) is 4. The minimum Gasteiger partial charge on any atom is -0.356 e. The van der Waals surface area contributed by atoms with Crippen molar-refractivity contribution in [3.05, 3.63) is 34.0 Å². The highest BCUT2D eigenvalue weighted by molar-refractivity contribution is 7.09. The molecule has 2 aromatic rings. The second kappa shape index (κ2) is 9.71. The predicted molar refractivity (Wildman–Crippen MR) is 108 cm³/mol. The zero-order valence-electron chi connectivity index (χ0n) is 15.9. The number of nitrogens with zero attached hydrogens (tertiary/aromatic N) is 5. The first kappa shape index (κ1) is 18.9. The lowest BCUT2D eigenvalue weighted by Gasteiger charge is -2.21. The fraction of sp³-hybridized carbons (Fsp3) is 0.632. The van der Waals surface area contributed by atoms with E-state index in [1.54, 1.807) is 0 Å². The van der Waals surface area contributed by atoms with Crippen molar-refractivity contribution in [3.63, 3.8) is 0 Å². The molecule has 26 heavy (non-hydrogen) atoms. The van der Waals surface area contributed by atoms with Gasteiger partial charge < -0.3 is 14.8 Å². The number of fused-ring (bicyclic) bond motifs is 1. The zero-order valence-corrected chi connectivity index (χ0v) is 16.8. The Kier molecular flexibility index (Phi) is 7.05. The lowest BCUT2D eigenvalue weighted by atomic mass is 10.2. The average Bonchev–Trinajstić information content (AvgIpc) is 3.24. The maximum absolute atomic E-state index is 4.42. The summed E-state index contributed by atoms with van der Waals surface area (Å²) in [6, 6.07) is 4.30. The van der Waals surface area contributed by atoms with Gasteiger partial charge in [0, 0.05) is 51.4 Å². The van der Waals surface area contributed by atoms with Gasteiger partial charge in [-0.05, 0) is 37.1 Å². The third-order valence-electron chi connectivity index (χ3n) is 4.89. The van der Waals surface area contributed by atoms with Gasteiger partial charge in [-0.3, -0.25) is 4.99 Å². The lowest BCUT2D eigenvalue weighted by molar-refractivity contribution is 0.484. The number of likely N-dealkylation sites (N-methyl/N-ethyl adjacent to an activating group) is 1. The fourth-order valence-electron chi connectivity index (χ4n) is 3.40. The van der Waals surface area contributed by atoms with Crippen LogP contribution in [-0.4, -0.2) is 52.8 Å². The second-order valence-corrected chi connectivity index (χ2v) is 7.86. The molecular formula is C19H30N6S. The van der Waals surface area contributed by atoms with E-state index in [0.717, 1.165) is 57.1 Å². The van der Waals surface area contributed by atoms with Gasteiger partial charge in [0.25, 0.3) is 0 Å². The van der Waals surface area contributed by atoms with E-state index in [-0.39, 0.29) is 0 Å². The van der Waals surface area contributed by atoms with Crippen LogP contribution in [0.1, 0.15) is 42.2 Å². The van der Waals surface area contributed by atoms with Crippen molar-refractivity contribution in [1.29, 1.82) is 0 Å². The summed E-state index contributed by atoms with van der Waals surface area (Å²) in [5.41, 5.74) is 0. The standard InChI is InChI=1S/C19H30N6S/c1-20-19(24(2)14-11-16-8-7-15-26-16)21-12-6-10-18-23-22-17-9-4-3-5-13-25(17)18/h7-8,15H,3-6,9-14H2,1-2H3,(H,20,21). The first-order valence-corrected chi connectivity index (χ1v) is 10.5. The predicted octanol–water partition coefficient (Wildman–Crippen LogP) is 2.75. The van der Waals surface area contributed by atoms with E-state index in [2.05, 4.69) is 54.5 Å². The second-order valence-electron chi connectivity index (χ2n) is 6.82. The Labute approximate surface area is 160 Å². The molecule has 142 valence electrons. The maximum Gasteiger partial charge on any atom is 0.193 e. The number of hydrogen-bond donors (Lipinski definition) is 1. The molecule has 0 amide bonds. The summed E-state index contributed by atoms with van der Waals surface area (Å²) in [6.07, 6.45) is 7.93. The molecule has 0 saturated carbocycles. The van der Waals surface area contributed by atoms with Crippen LogP contribution in [0.3, 0.4) is 0 Å². The fourth-order valence-corrected chi connectivity index (χ4v) is 4.10. The van der Waals surface area contributed by atoms with Gasteiger partial charge in [-0.1, -0.05) is 12.5 Å². The number of nitrogens with one attached hydrogen (secondary N) is 1. The smallest absolute Gasteiger partial charge is 0.193 e. The van der Waals surface area contributed by atoms with Crippen molar-refractivity contribution >= 4 is 17.3 Å². The number of thiophene rings is 1. The summed E-state index contributed by atoms with van der Waals surface area (Å²) >= 11 is 1.81. The number of aliphatic imine (C=N–C) groups is 1. The molecule has 7 heteroatoms. The first-order valence-electron chi connectivity index (χ1n) is 9.63. The van der Waals surface area contributed by atoms with Crippen molar-refractivity contribution in [2.45, 2.75) is 51.5 Å². The van der Waals surface area contributed by atoms with Crippen molar-refractivity contribution < 1.29 is 0 Å². The SMILES string of the molecule is CN=C(NCCCc1nnc2n1CCCCC2)N(C)CCc1cccs1. The third-order valence-corrected chi connectivity index (χ3v) is 5.83. The molecule has 0 bridgehead atoms. The van der Waals surface area contributed by atoms with Crippen LogP contribution >= 0.6 is 11.3 Å². The molecule has 3 rings (SSSR count). The van der Waals surface area contributed by atoms with Gasteiger partial charge in [0.2, 0.25) is 0 Å². The molecule has 6 nitrogen and oxygen atoms in total. The molecule has 1 aliphatic rings. The number of rotatable bonds is 7. The molecule has 0 fully saturated rings. The van der Waals surface area contributed by atoms with Crippen LogP contribution in [0.25, 0.3) is 0 Å². The van der Waals surface area contributed by atoms with E-state index in [0.29, 0.717) is 0 Å². The Hall–Kier alpha value is -1.89. The monoisotopic (exact) mass is 374 g/mol. The van der Waals surface area contributed by atoms with Crippen LogP contribution in [0.5, 0.6) is 0 Å². The Bertz CT molecular complexity index is 691. The molecule has 0 atom stereocenters. The van der Waals surface area contributed by atoms with E-state index >= 15 is 0 Å². The van der Waals surface area contributed by atoms with Gasteiger partial charge in [0.15, 0.2) is 5.96 Å². The highest BCUT2D eigenvalue weighted by Crippen LogP contribution is 2.15. The van der Waals surface area contributed by atoms with Crippen LogP contribution in [-0.2, 0) is 25.8 Å². The zero-order chi connectivity index (χ0) is 18.2. The summed E-state index contributed by atoms with van der Waals surface area (Å²) in [7, 11) is 3.95. The van der Waals surface area contributed by atoms with Gasteiger partial charge in [0.05, 0.1) is 0 Å². The molecule has 0 saturated heterocycles. The quantitative estimate of drug-likeness (QED) is 0.460. The van der Waals surface area contributed by atoms with Crippen LogP contribution in [0.4, 0.5) is 0 Å². The number of aryl methyl sites for hydroxylation is 2. The van der Waals surface area contributed by atoms with Crippen LogP contribution in [0.15, 0.2) is 22.5 Å². The van der Waals surface area contributed by atoms with Gasteiger partial charge in [0.1, 0.15) is 11.6 Å². The Balaban J connectivity index is 1.41. The molecule has 0 aliphatic carbocycles. The molecule has 0 radical (unpaired) electrons. The summed E-state index contributed by atoms with van der Waals surface area (Å²) in [5.74, 6) is 3.28. The number of guanidine groups is 1. The van der Waals surface area contributed by atoms with Crippen LogP contribution in [0, 0.1) is 0 Å². The van der Waals surface area contributed by atoms with E-state index in [4.69, 9.17) is 0 Å². The lowest BCUT2D eigenvalue weighted by Crippen LogP contribution is -2.40. The average molecular weight is 375 g/mol. The Morgan fingerprint density at radius 1 is 1.31 bits per heavy atom. The summed E-state index contributed by atoms with van der Waals surface area (Å²) < 4.78 is 2.34. The van der Waals surface area contributed by atoms with Crippen LogP contribution in [0.2, 0.25) is 0 Å². The summed E-state index contributed by atoms with van der Waals surface area (Å²) in [4.78, 5) is 8.02. The van der Waals surface area contributed by atoms with Gasteiger partial charge >= 0.3 is 0 Å². The molecule has 1 aliphatic heterocycles. The van der Waals surface area contributed by atoms with Gasteiger partial charge in [-0.15, -0.1) is 21.5 Å². The highest BCUT2D eigenvalue weighted by Gasteiger charge is 2.14. The highest BCUT2D eigenvalue weighted by atomic mass is 32.1. The summed E-state index contributed by atoms with van der Waals surface area (Å²) in [5, 5.41) is 14.4. The first-order chi connectivity index (χ1) is 12.8. The van der Waals surface area contributed by atoms with Crippen LogP contribution < -0.4 is 5.32 Å². The van der Waals surface area contributed by atoms with E-state index in [1.165, 1.54) is 30.0 Å². The maximum atomic E-state index is 4.42. The van der Waals surface area contributed by atoms with Gasteiger partial charge in [-0.2, -0.15) is 0 Å². The normalized spacial score (nSPS) is 14.8. The minimum atomic E-state index is 0.901. The molecule has 0 unspecified atom stereocenters. The topological polar surface area (TPSA) is 58.3 Å². The molecule has 0 spiro atoms. The van der Waals surface area contributed by atoms with Crippen molar-refractivity contribution in [2.24, 2.45) is 4.99 Å². The largest absolute Gasteiger partial charge is 0.356 e.